The normalized spacial score (nSPS) is 12.6. The lowest BCUT2D eigenvalue weighted by molar-refractivity contribution is 0.890. The summed E-state index contributed by atoms with van der Waals surface area (Å²) in [5.74, 6) is 0. The summed E-state index contributed by atoms with van der Waals surface area (Å²) in [6, 6.07) is 6.29. The molecule has 0 amide bonds. The zero-order valence-corrected chi connectivity index (χ0v) is 12.5. The van der Waals surface area contributed by atoms with E-state index in [0.717, 1.165) is 27.4 Å². The maximum Gasteiger partial charge on any atom is 0.0907 e. The quantitative estimate of drug-likeness (QED) is 0.793. The van der Waals surface area contributed by atoms with Gasteiger partial charge in [0.15, 0.2) is 0 Å². The van der Waals surface area contributed by atoms with Crippen LogP contribution in [-0.4, -0.2) is 15.0 Å². The Balaban J connectivity index is 1.87. The Bertz CT molecular complexity index is 750. The number of aromatic nitrogens is 3. The molecule has 3 aromatic rings. The summed E-state index contributed by atoms with van der Waals surface area (Å²) in [6.07, 6.45) is 3.42. The number of aryl methyl sites for hydroxylation is 2. The first-order valence-electron chi connectivity index (χ1n) is 6.55. The van der Waals surface area contributed by atoms with E-state index in [1.165, 1.54) is 4.88 Å². The van der Waals surface area contributed by atoms with Crippen LogP contribution in [0.15, 0.2) is 30.6 Å². The average molecular weight is 284 g/mol. The Kier molecular flexibility index (Phi) is 3.36. The van der Waals surface area contributed by atoms with Gasteiger partial charge in [0.2, 0.25) is 0 Å². The minimum atomic E-state index is 0.232. The number of thiazole rings is 1. The lowest BCUT2D eigenvalue weighted by Crippen LogP contribution is -2.06. The van der Waals surface area contributed by atoms with E-state index in [4.69, 9.17) is 0 Å². The number of anilines is 1. The molecule has 2 heterocycles. The maximum atomic E-state index is 4.48. The fourth-order valence-electron chi connectivity index (χ4n) is 2.32. The summed E-state index contributed by atoms with van der Waals surface area (Å²) in [5.41, 5.74) is 3.97. The SMILES string of the molecule is Cc1nc(C)c(C(C)Nc2ccc3nccnc3c2)s1. The predicted octanol–water partition coefficient (Wildman–Crippen LogP) is 3.88. The molecule has 0 aliphatic carbocycles. The summed E-state index contributed by atoms with van der Waals surface area (Å²) in [5, 5.41) is 4.61. The molecule has 0 spiro atoms. The van der Waals surface area contributed by atoms with E-state index < -0.39 is 0 Å². The average Bonchev–Trinajstić information content (AvgIpc) is 2.78. The van der Waals surface area contributed by atoms with Gasteiger partial charge in [-0.3, -0.25) is 9.97 Å². The second-order valence-corrected chi connectivity index (χ2v) is 6.04. The van der Waals surface area contributed by atoms with Gasteiger partial charge in [0, 0.05) is 23.0 Å². The zero-order chi connectivity index (χ0) is 14.1. The minimum absolute atomic E-state index is 0.232. The summed E-state index contributed by atoms with van der Waals surface area (Å²) in [7, 11) is 0. The molecule has 3 rings (SSSR count). The van der Waals surface area contributed by atoms with Crippen LogP contribution >= 0.6 is 11.3 Å². The van der Waals surface area contributed by atoms with Gasteiger partial charge in [0.05, 0.1) is 27.8 Å². The first-order valence-corrected chi connectivity index (χ1v) is 7.36. The van der Waals surface area contributed by atoms with Gasteiger partial charge in [0.25, 0.3) is 0 Å². The fourth-order valence-corrected chi connectivity index (χ4v) is 3.25. The largest absolute Gasteiger partial charge is 0.378 e. The molecule has 1 unspecified atom stereocenters. The molecular formula is C15H16N4S. The van der Waals surface area contributed by atoms with Gasteiger partial charge in [-0.15, -0.1) is 11.3 Å². The Morgan fingerprint density at radius 3 is 2.55 bits per heavy atom. The van der Waals surface area contributed by atoms with Gasteiger partial charge < -0.3 is 5.32 Å². The molecule has 0 bridgehead atoms. The van der Waals surface area contributed by atoms with Crippen LogP contribution in [0, 0.1) is 13.8 Å². The highest BCUT2D eigenvalue weighted by Gasteiger charge is 2.13. The highest BCUT2D eigenvalue weighted by Crippen LogP contribution is 2.28. The van der Waals surface area contributed by atoms with E-state index in [-0.39, 0.29) is 6.04 Å². The lowest BCUT2D eigenvalue weighted by atomic mass is 10.2. The third-order valence-electron chi connectivity index (χ3n) is 3.19. The van der Waals surface area contributed by atoms with Crippen LogP contribution in [0.25, 0.3) is 11.0 Å². The maximum absolute atomic E-state index is 4.48. The molecule has 0 saturated carbocycles. The van der Waals surface area contributed by atoms with Crippen LogP contribution in [0.1, 0.15) is 28.5 Å². The predicted molar refractivity (Wildman–Crippen MR) is 83.2 cm³/mol. The number of hydrogen-bond donors (Lipinski definition) is 1. The lowest BCUT2D eigenvalue weighted by Gasteiger charge is -2.14. The van der Waals surface area contributed by atoms with E-state index in [1.807, 2.05) is 25.1 Å². The summed E-state index contributed by atoms with van der Waals surface area (Å²) < 4.78 is 0. The van der Waals surface area contributed by atoms with Crippen LogP contribution in [0.4, 0.5) is 5.69 Å². The molecule has 5 heteroatoms. The van der Waals surface area contributed by atoms with Crippen molar-refractivity contribution in [3.05, 3.63) is 46.2 Å². The molecule has 0 fully saturated rings. The highest BCUT2D eigenvalue weighted by molar-refractivity contribution is 7.11. The molecule has 2 aromatic heterocycles. The summed E-state index contributed by atoms with van der Waals surface area (Å²) in [6.45, 7) is 6.25. The number of nitrogens with zero attached hydrogens (tertiary/aromatic N) is 3. The van der Waals surface area contributed by atoms with Crippen LogP contribution in [0.5, 0.6) is 0 Å². The number of hydrogen-bond acceptors (Lipinski definition) is 5. The van der Waals surface area contributed by atoms with E-state index >= 15 is 0 Å². The van der Waals surface area contributed by atoms with Crippen molar-refractivity contribution in [2.75, 3.05) is 5.32 Å². The second-order valence-electron chi connectivity index (χ2n) is 4.81. The molecule has 0 saturated heterocycles. The summed E-state index contributed by atoms with van der Waals surface area (Å²) >= 11 is 1.74. The topological polar surface area (TPSA) is 50.7 Å². The van der Waals surface area contributed by atoms with Gasteiger partial charge in [-0.2, -0.15) is 0 Å². The zero-order valence-electron chi connectivity index (χ0n) is 11.7. The van der Waals surface area contributed by atoms with Gasteiger partial charge in [-0.1, -0.05) is 0 Å². The number of nitrogens with one attached hydrogen (secondary N) is 1. The Morgan fingerprint density at radius 1 is 1.10 bits per heavy atom. The molecule has 1 atom stereocenters. The molecular weight excluding hydrogens is 268 g/mol. The van der Waals surface area contributed by atoms with Crippen molar-refractivity contribution in [2.45, 2.75) is 26.8 Å². The smallest absolute Gasteiger partial charge is 0.0907 e. The number of benzene rings is 1. The van der Waals surface area contributed by atoms with Crippen molar-refractivity contribution in [1.82, 2.24) is 15.0 Å². The first-order chi connectivity index (χ1) is 9.63. The summed E-state index contributed by atoms with van der Waals surface area (Å²) in [4.78, 5) is 14.4. The van der Waals surface area contributed by atoms with Crippen LogP contribution < -0.4 is 5.32 Å². The standard InChI is InChI=1S/C15H16N4S/c1-9-15(20-11(3)18-9)10(2)19-12-4-5-13-14(8-12)17-7-6-16-13/h4-8,10,19H,1-3H3. The molecule has 0 radical (unpaired) electrons. The Hall–Kier alpha value is -2.01. The van der Waals surface area contributed by atoms with E-state index in [2.05, 4.69) is 34.1 Å². The van der Waals surface area contributed by atoms with Gasteiger partial charge in [-0.05, 0) is 39.0 Å². The molecule has 20 heavy (non-hydrogen) atoms. The molecule has 4 nitrogen and oxygen atoms in total. The number of rotatable bonds is 3. The van der Waals surface area contributed by atoms with Crippen LogP contribution in [0.3, 0.4) is 0 Å². The Morgan fingerprint density at radius 2 is 1.85 bits per heavy atom. The Labute approximate surface area is 121 Å². The van der Waals surface area contributed by atoms with Crippen molar-refractivity contribution >= 4 is 28.1 Å². The minimum Gasteiger partial charge on any atom is -0.378 e. The van der Waals surface area contributed by atoms with E-state index in [1.54, 1.807) is 23.7 Å². The first kappa shape index (κ1) is 13.0. The monoisotopic (exact) mass is 284 g/mol. The van der Waals surface area contributed by atoms with E-state index in [9.17, 15) is 0 Å². The molecule has 0 aliphatic heterocycles. The molecule has 1 aromatic carbocycles. The van der Waals surface area contributed by atoms with Gasteiger partial charge in [-0.25, -0.2) is 4.98 Å². The van der Waals surface area contributed by atoms with Crippen molar-refractivity contribution < 1.29 is 0 Å². The van der Waals surface area contributed by atoms with Gasteiger partial charge in [0.1, 0.15) is 0 Å². The third kappa shape index (κ3) is 2.49. The molecule has 0 aliphatic rings. The van der Waals surface area contributed by atoms with Crippen molar-refractivity contribution in [2.24, 2.45) is 0 Å². The van der Waals surface area contributed by atoms with Gasteiger partial charge >= 0.3 is 0 Å². The van der Waals surface area contributed by atoms with E-state index in [0.29, 0.717) is 0 Å². The highest BCUT2D eigenvalue weighted by atomic mass is 32.1. The number of fused-ring (bicyclic) bond motifs is 1. The van der Waals surface area contributed by atoms with Crippen molar-refractivity contribution in [3.63, 3.8) is 0 Å². The van der Waals surface area contributed by atoms with Crippen molar-refractivity contribution in [1.29, 1.82) is 0 Å². The van der Waals surface area contributed by atoms with Crippen LogP contribution in [0.2, 0.25) is 0 Å². The molecule has 102 valence electrons. The van der Waals surface area contributed by atoms with Crippen molar-refractivity contribution in [3.8, 4) is 0 Å². The molecule has 1 N–H and O–H groups in total. The fraction of sp³-hybridized carbons (Fsp3) is 0.267. The third-order valence-corrected chi connectivity index (χ3v) is 4.44. The second kappa shape index (κ2) is 5.17. The van der Waals surface area contributed by atoms with Crippen LogP contribution in [-0.2, 0) is 0 Å².